The Hall–Kier alpha value is -9.21. The number of benzene rings is 4. The van der Waals surface area contributed by atoms with E-state index >= 15 is 0 Å². The van der Waals surface area contributed by atoms with Gasteiger partial charge in [0.15, 0.2) is 59.0 Å². The Kier molecular flexibility index (Phi) is 26.2. The highest BCUT2D eigenvalue weighted by Crippen LogP contribution is 2.37. The number of aryl methyl sites for hydroxylation is 2. The summed E-state index contributed by atoms with van der Waals surface area (Å²) in [5.41, 5.74) is 4.06. The molecule has 2 aliphatic heterocycles. The van der Waals surface area contributed by atoms with Crippen LogP contribution < -0.4 is 18.9 Å². The molecule has 0 spiro atoms. The van der Waals surface area contributed by atoms with Crippen molar-refractivity contribution in [1.82, 2.24) is 0 Å². The second-order valence-electron chi connectivity index (χ2n) is 19.9. The standard InChI is InChI=1S/C32H36O10.C19H24O7.C13H14O4/c1-18-15-22(7-11-24(34)17-25(35)12-8-23-9-13-26(36)28(16-23)38-5)10-14-27(18)41-32-30(40-21(4)33)20(3)19(2)29(42-32)31(37)39-6;1-10-8-14(9-20)6-7-15(10)25-19-17(24-13(4)21)12(3)11(2)16(26-19)18(22)23-5;1-9(14)7-11(15)5-3-10-4-6-12(16)13(8-10)17-2/h7-17,19-20,29-30,32,34,36H,1-6H3;6-9,11-12,16-17,19H,1-5H3;3-8,15-16H,1-2H3/b11-7+,12-8+,24-17?;;5-3+,11-7?/t19-,20-,29-,30+,32+;11-,12-,16-,17+,19+;/m00./s1. The minimum absolute atomic E-state index is 0.0107. The molecule has 21 nitrogen and oxygen atoms in total. The molecule has 0 amide bonds. The maximum Gasteiger partial charge on any atom is 0.335 e. The van der Waals surface area contributed by atoms with Crippen LogP contribution in [0.3, 0.4) is 0 Å². The molecule has 0 bridgehead atoms. The number of phenols is 2. The highest BCUT2D eigenvalue weighted by atomic mass is 16.7. The van der Waals surface area contributed by atoms with Gasteiger partial charge in [-0.15, -0.1) is 0 Å². The zero-order chi connectivity index (χ0) is 63.2. The normalized spacial score (nSPS) is 22.1. The summed E-state index contributed by atoms with van der Waals surface area (Å²) in [6.07, 6.45) is 6.60. The topological polar surface area (TPSA) is 293 Å². The molecule has 456 valence electrons. The van der Waals surface area contributed by atoms with Gasteiger partial charge in [0, 0.05) is 43.4 Å². The van der Waals surface area contributed by atoms with E-state index in [2.05, 4.69) is 0 Å². The number of aromatic hydroxyl groups is 2. The van der Waals surface area contributed by atoms with E-state index in [0.717, 1.165) is 40.7 Å². The molecule has 10 atom stereocenters. The predicted octanol–water partition coefficient (Wildman–Crippen LogP) is 9.66. The Balaban J connectivity index is 0.000000305. The first-order valence-electron chi connectivity index (χ1n) is 26.7. The minimum atomic E-state index is -1.04. The predicted molar refractivity (Wildman–Crippen MR) is 312 cm³/mol. The van der Waals surface area contributed by atoms with Crippen molar-refractivity contribution in [3.05, 3.63) is 148 Å². The van der Waals surface area contributed by atoms with Crippen molar-refractivity contribution < 1.29 is 101 Å². The molecule has 4 N–H and O–H groups in total. The fraction of sp³-hybridized carbons (Fsp3) is 0.359. The number of allylic oxidation sites excluding steroid dienone is 5. The van der Waals surface area contributed by atoms with Crippen LogP contribution in [0, 0.1) is 37.5 Å². The molecule has 2 fully saturated rings. The molecule has 0 radical (unpaired) electrons. The molecule has 2 heterocycles. The maximum absolute atomic E-state index is 12.3. The zero-order valence-corrected chi connectivity index (χ0v) is 49.6. The number of rotatable bonds is 19. The lowest BCUT2D eigenvalue weighted by Gasteiger charge is -2.42. The first kappa shape index (κ1) is 68.3. The molecule has 85 heavy (non-hydrogen) atoms. The summed E-state index contributed by atoms with van der Waals surface area (Å²) in [6.45, 7) is 15.0. The van der Waals surface area contributed by atoms with Crippen LogP contribution in [0.2, 0.25) is 0 Å². The van der Waals surface area contributed by atoms with E-state index in [1.807, 2.05) is 34.6 Å². The lowest BCUT2D eigenvalue weighted by atomic mass is 9.83. The molecule has 4 aromatic rings. The maximum atomic E-state index is 12.3. The van der Waals surface area contributed by atoms with Crippen molar-refractivity contribution in [1.29, 1.82) is 0 Å². The van der Waals surface area contributed by atoms with E-state index in [1.165, 1.54) is 85.6 Å². The number of esters is 4. The van der Waals surface area contributed by atoms with Crippen LogP contribution in [0.15, 0.2) is 115 Å². The number of ketones is 2. The van der Waals surface area contributed by atoms with Crippen molar-refractivity contribution in [3.8, 4) is 34.5 Å². The van der Waals surface area contributed by atoms with Gasteiger partial charge in [-0.25, -0.2) is 9.59 Å². The van der Waals surface area contributed by atoms with Gasteiger partial charge in [0.05, 0.1) is 28.4 Å². The minimum Gasteiger partial charge on any atom is -0.508 e. The fourth-order valence-corrected chi connectivity index (χ4v) is 8.68. The van der Waals surface area contributed by atoms with Crippen molar-refractivity contribution >= 4 is 60.0 Å². The van der Waals surface area contributed by atoms with E-state index in [9.17, 15) is 54.0 Å². The third-order valence-electron chi connectivity index (χ3n) is 13.6. The van der Waals surface area contributed by atoms with Gasteiger partial charge in [-0.1, -0.05) is 64.1 Å². The Morgan fingerprint density at radius 3 is 1.25 bits per heavy atom. The summed E-state index contributed by atoms with van der Waals surface area (Å²) in [4.78, 5) is 81.5. The lowest BCUT2D eigenvalue weighted by molar-refractivity contribution is -0.249. The number of carbonyl (C=O) groups is 7. The summed E-state index contributed by atoms with van der Waals surface area (Å²) in [5.74, 6) is -2.41. The molecule has 0 aliphatic carbocycles. The molecule has 0 unspecified atom stereocenters. The molecule has 0 aromatic heterocycles. The van der Waals surface area contributed by atoms with Gasteiger partial charge in [-0.05, 0) is 133 Å². The molecule has 21 heteroatoms. The molecular formula is C64H74O21. The average molecular weight is 1180 g/mol. The highest BCUT2D eigenvalue weighted by molar-refractivity contribution is 6.02. The first-order chi connectivity index (χ1) is 40.2. The fourth-order valence-electron chi connectivity index (χ4n) is 8.68. The third-order valence-corrected chi connectivity index (χ3v) is 13.6. The molecule has 2 aliphatic rings. The number of hydrogen-bond acceptors (Lipinski definition) is 21. The van der Waals surface area contributed by atoms with Crippen molar-refractivity contribution in [2.45, 2.75) is 99.3 Å². The van der Waals surface area contributed by atoms with E-state index in [4.69, 9.17) is 47.4 Å². The third kappa shape index (κ3) is 20.3. The van der Waals surface area contributed by atoms with Gasteiger partial charge >= 0.3 is 23.9 Å². The Morgan fingerprint density at radius 1 is 0.494 bits per heavy atom. The molecule has 2 saturated heterocycles. The molecule has 6 rings (SSSR count). The van der Waals surface area contributed by atoms with Crippen LogP contribution in [0.1, 0.15) is 86.6 Å². The van der Waals surface area contributed by atoms with Gasteiger partial charge in [-0.2, -0.15) is 0 Å². The number of aliphatic hydroxyl groups is 2. The SMILES string of the molecule is COC(=O)[C@H]1O[C@@H](Oc2ccc(/C=C/C(O)=CC(=O)/C=C/c3ccc(O)c(OC)c3)cc2C)[C@H](OC(C)=O)[C@@H](C)[C@@H]1C.COC(=O)[C@H]1O[C@@H](Oc2ccc(C=O)cc2C)[C@H](OC(C)=O)[C@@H](C)[C@@H]1C.COc1cc(/C=C/C(O)=CC(C)=O)ccc1O. The van der Waals surface area contributed by atoms with E-state index < -0.39 is 66.7 Å². The summed E-state index contributed by atoms with van der Waals surface area (Å²) in [7, 11) is 5.45. The number of aliphatic hydroxyl groups excluding tert-OH is 2. The summed E-state index contributed by atoms with van der Waals surface area (Å²) in [6, 6.07) is 19.6. The van der Waals surface area contributed by atoms with Gasteiger partial charge in [0.2, 0.25) is 12.6 Å². The monoisotopic (exact) mass is 1180 g/mol. The van der Waals surface area contributed by atoms with E-state index in [0.29, 0.717) is 28.4 Å². The van der Waals surface area contributed by atoms with Crippen molar-refractivity contribution in [3.63, 3.8) is 0 Å². The van der Waals surface area contributed by atoms with E-state index in [-0.39, 0.29) is 58.2 Å². The molecule has 4 aromatic carbocycles. The summed E-state index contributed by atoms with van der Waals surface area (Å²) >= 11 is 0. The largest absolute Gasteiger partial charge is 0.508 e. The van der Waals surface area contributed by atoms with Gasteiger partial charge in [0.1, 0.15) is 29.3 Å². The zero-order valence-electron chi connectivity index (χ0n) is 49.6. The van der Waals surface area contributed by atoms with Gasteiger partial charge in [0.25, 0.3) is 0 Å². The van der Waals surface area contributed by atoms with Gasteiger partial charge < -0.3 is 67.8 Å². The number of hydrogen-bond donors (Lipinski definition) is 4. The van der Waals surface area contributed by atoms with E-state index in [1.54, 1.807) is 79.7 Å². The van der Waals surface area contributed by atoms with Crippen molar-refractivity contribution in [2.24, 2.45) is 23.7 Å². The van der Waals surface area contributed by atoms with Crippen LogP contribution in [0.25, 0.3) is 18.2 Å². The molecular weight excluding hydrogens is 1100 g/mol. The Morgan fingerprint density at radius 2 is 0.871 bits per heavy atom. The quantitative estimate of drug-likeness (QED) is 0.0170. The second kappa shape index (κ2) is 32.6. The Bertz CT molecular complexity index is 3170. The Labute approximate surface area is 493 Å². The van der Waals surface area contributed by atoms with Gasteiger partial charge in [-0.3, -0.25) is 24.0 Å². The van der Waals surface area contributed by atoms with Crippen LogP contribution in [-0.2, 0) is 57.2 Å². The highest BCUT2D eigenvalue weighted by Gasteiger charge is 2.49. The molecule has 0 saturated carbocycles. The van der Waals surface area contributed by atoms with Crippen molar-refractivity contribution in [2.75, 3.05) is 28.4 Å². The number of carbonyl (C=O) groups excluding carboxylic acids is 7. The number of ether oxygens (including phenoxy) is 10. The number of methoxy groups -OCH3 is 4. The summed E-state index contributed by atoms with van der Waals surface area (Å²) in [5, 5.41) is 38.6. The smallest absolute Gasteiger partial charge is 0.335 e. The lowest BCUT2D eigenvalue weighted by Crippen LogP contribution is -2.55. The number of phenolic OH excluding ortho intramolecular Hbond substituents is 2. The van der Waals surface area contributed by atoms with Crippen LogP contribution in [-0.4, -0.2) is 128 Å². The van der Waals surface area contributed by atoms with Crippen LogP contribution >= 0.6 is 0 Å². The first-order valence-corrected chi connectivity index (χ1v) is 26.7. The second-order valence-corrected chi connectivity index (χ2v) is 19.9. The van der Waals surface area contributed by atoms with Crippen LogP contribution in [0.4, 0.5) is 0 Å². The summed E-state index contributed by atoms with van der Waals surface area (Å²) < 4.78 is 54.3. The number of aldehydes is 1. The van der Waals surface area contributed by atoms with Crippen LogP contribution in [0.5, 0.6) is 34.5 Å². The average Bonchev–Trinajstić information content (AvgIpc) is 1.94.